The number of aromatic amines is 1. The molecule has 0 aliphatic carbocycles. The molecule has 0 fully saturated rings. The highest BCUT2D eigenvalue weighted by Gasteiger charge is 2.29. The van der Waals surface area contributed by atoms with Gasteiger partial charge in [0.15, 0.2) is 0 Å². The number of hydrogen-bond acceptors (Lipinski definition) is 3. The van der Waals surface area contributed by atoms with Crippen molar-refractivity contribution in [3.63, 3.8) is 0 Å². The second-order valence-corrected chi connectivity index (χ2v) is 7.41. The van der Waals surface area contributed by atoms with Gasteiger partial charge >= 0.3 is 0 Å². The number of fused-ring (bicyclic) bond motifs is 1. The number of para-hydroxylation sites is 1. The minimum Gasteiger partial charge on any atom is -0.344 e. The Morgan fingerprint density at radius 2 is 2.09 bits per heavy atom. The van der Waals surface area contributed by atoms with E-state index in [1.54, 1.807) is 17.5 Å². The molecule has 114 valence electrons. The van der Waals surface area contributed by atoms with Crippen LogP contribution in [0.1, 0.15) is 42.0 Å². The Labute approximate surface area is 133 Å². The summed E-state index contributed by atoms with van der Waals surface area (Å²) >= 11 is 1.67. The summed E-state index contributed by atoms with van der Waals surface area (Å²) < 4.78 is 0. The standard InChI is InChI=1S/C17H19N3OS/c1-17(2,3)15(13-8-5-9-22-13)19-16(21)12-7-4-6-11-10-18-20-14(11)12/h4-10,15H,1-3H3,(H,18,20)(H,19,21). The third-order valence-corrected chi connectivity index (χ3v) is 4.63. The van der Waals surface area contributed by atoms with E-state index in [0.717, 1.165) is 15.8 Å². The van der Waals surface area contributed by atoms with Crippen molar-refractivity contribution in [3.8, 4) is 0 Å². The van der Waals surface area contributed by atoms with E-state index in [1.165, 1.54) is 0 Å². The van der Waals surface area contributed by atoms with Gasteiger partial charge in [0.2, 0.25) is 0 Å². The van der Waals surface area contributed by atoms with Crippen molar-refractivity contribution in [1.82, 2.24) is 15.5 Å². The topological polar surface area (TPSA) is 57.8 Å². The Morgan fingerprint density at radius 1 is 1.27 bits per heavy atom. The van der Waals surface area contributed by atoms with Crippen molar-refractivity contribution in [1.29, 1.82) is 0 Å². The van der Waals surface area contributed by atoms with Crippen LogP contribution in [0.3, 0.4) is 0 Å². The molecular weight excluding hydrogens is 294 g/mol. The molecule has 0 saturated heterocycles. The first-order valence-electron chi connectivity index (χ1n) is 7.23. The van der Waals surface area contributed by atoms with Crippen molar-refractivity contribution in [2.75, 3.05) is 0 Å². The first-order valence-corrected chi connectivity index (χ1v) is 8.11. The molecule has 2 N–H and O–H groups in total. The maximum atomic E-state index is 12.8. The molecule has 1 unspecified atom stereocenters. The van der Waals surface area contributed by atoms with Gasteiger partial charge in [-0.1, -0.05) is 39.0 Å². The second kappa shape index (κ2) is 5.57. The lowest BCUT2D eigenvalue weighted by Crippen LogP contribution is -2.36. The van der Waals surface area contributed by atoms with Gasteiger partial charge in [0.25, 0.3) is 5.91 Å². The molecule has 0 spiro atoms. The fourth-order valence-corrected chi connectivity index (χ4v) is 3.56. The monoisotopic (exact) mass is 313 g/mol. The van der Waals surface area contributed by atoms with Crippen LogP contribution >= 0.6 is 11.3 Å². The molecule has 22 heavy (non-hydrogen) atoms. The summed E-state index contributed by atoms with van der Waals surface area (Å²) in [5.74, 6) is -0.0804. The van der Waals surface area contributed by atoms with Gasteiger partial charge in [0, 0.05) is 10.3 Å². The number of hydrogen-bond donors (Lipinski definition) is 2. The number of benzene rings is 1. The molecule has 0 aliphatic heterocycles. The first-order chi connectivity index (χ1) is 10.5. The summed E-state index contributed by atoms with van der Waals surface area (Å²) in [4.78, 5) is 13.9. The maximum Gasteiger partial charge on any atom is 0.253 e. The number of thiophene rings is 1. The summed E-state index contributed by atoms with van der Waals surface area (Å²) in [7, 11) is 0. The predicted octanol–water partition coefficient (Wildman–Crippen LogP) is 4.14. The minimum atomic E-state index is -0.0804. The Balaban J connectivity index is 1.93. The van der Waals surface area contributed by atoms with Gasteiger partial charge in [-0.05, 0) is 22.9 Å². The van der Waals surface area contributed by atoms with Gasteiger partial charge in [-0.2, -0.15) is 5.10 Å². The molecule has 0 bridgehead atoms. The molecule has 0 saturated carbocycles. The quantitative estimate of drug-likeness (QED) is 0.763. The van der Waals surface area contributed by atoms with E-state index in [4.69, 9.17) is 0 Å². The Bertz CT molecular complexity index is 784. The van der Waals surface area contributed by atoms with Crippen molar-refractivity contribution < 1.29 is 4.79 Å². The van der Waals surface area contributed by atoms with E-state index in [2.05, 4.69) is 42.4 Å². The molecule has 1 atom stereocenters. The average molecular weight is 313 g/mol. The van der Waals surface area contributed by atoms with Crippen LogP contribution < -0.4 is 5.32 Å². The first kappa shape index (κ1) is 14.8. The molecule has 2 aromatic heterocycles. The molecule has 4 nitrogen and oxygen atoms in total. The number of carbonyl (C=O) groups is 1. The van der Waals surface area contributed by atoms with Crippen LogP contribution in [0.5, 0.6) is 0 Å². The van der Waals surface area contributed by atoms with Crippen LogP contribution in [0.4, 0.5) is 0 Å². The van der Waals surface area contributed by atoms with Gasteiger partial charge in [-0.15, -0.1) is 11.3 Å². The highest BCUT2D eigenvalue weighted by atomic mass is 32.1. The van der Waals surface area contributed by atoms with Crippen LogP contribution in [0.15, 0.2) is 41.9 Å². The number of nitrogens with zero attached hydrogens (tertiary/aromatic N) is 1. The SMILES string of the molecule is CC(C)(C)C(NC(=O)c1cccc2cn[nH]c12)c1cccs1. The number of carbonyl (C=O) groups excluding carboxylic acids is 1. The highest BCUT2D eigenvalue weighted by molar-refractivity contribution is 7.10. The normalized spacial score (nSPS) is 13.2. The molecule has 0 aliphatic rings. The lowest BCUT2D eigenvalue weighted by molar-refractivity contribution is 0.0905. The molecule has 5 heteroatoms. The third kappa shape index (κ3) is 2.76. The maximum absolute atomic E-state index is 12.8. The zero-order valence-electron chi connectivity index (χ0n) is 12.9. The van der Waals surface area contributed by atoms with E-state index in [0.29, 0.717) is 5.56 Å². The van der Waals surface area contributed by atoms with Crippen LogP contribution in [0.2, 0.25) is 0 Å². The summed E-state index contributed by atoms with van der Waals surface area (Å²) in [6.45, 7) is 6.40. The van der Waals surface area contributed by atoms with Gasteiger partial charge in [0.05, 0.1) is 23.3 Å². The van der Waals surface area contributed by atoms with Crippen molar-refractivity contribution in [2.24, 2.45) is 5.41 Å². The predicted molar refractivity (Wildman–Crippen MR) is 90.1 cm³/mol. The fraction of sp³-hybridized carbons (Fsp3) is 0.294. The summed E-state index contributed by atoms with van der Waals surface area (Å²) in [6.07, 6.45) is 1.73. The highest BCUT2D eigenvalue weighted by Crippen LogP contribution is 2.35. The van der Waals surface area contributed by atoms with Gasteiger partial charge < -0.3 is 5.32 Å². The van der Waals surface area contributed by atoms with Crippen molar-refractivity contribution in [3.05, 3.63) is 52.3 Å². The third-order valence-electron chi connectivity index (χ3n) is 3.69. The number of rotatable bonds is 3. The van der Waals surface area contributed by atoms with Crippen molar-refractivity contribution >= 4 is 28.1 Å². The van der Waals surface area contributed by atoms with Crippen LogP contribution in [-0.2, 0) is 0 Å². The molecule has 1 aromatic carbocycles. The zero-order chi connectivity index (χ0) is 15.7. The smallest absolute Gasteiger partial charge is 0.253 e. The Kier molecular flexibility index (Phi) is 3.74. The molecule has 3 rings (SSSR count). The number of nitrogens with one attached hydrogen (secondary N) is 2. The number of amides is 1. The summed E-state index contributed by atoms with van der Waals surface area (Å²) in [5, 5.41) is 13.1. The van der Waals surface area contributed by atoms with Crippen LogP contribution in [0.25, 0.3) is 10.9 Å². The van der Waals surface area contributed by atoms with Crippen molar-refractivity contribution in [2.45, 2.75) is 26.8 Å². The summed E-state index contributed by atoms with van der Waals surface area (Å²) in [5.41, 5.74) is 1.34. The van der Waals surface area contributed by atoms with E-state index in [1.807, 2.05) is 29.6 Å². The molecule has 3 aromatic rings. The molecular formula is C17H19N3OS. The molecule has 0 radical (unpaired) electrons. The fourth-order valence-electron chi connectivity index (χ4n) is 2.54. The van der Waals surface area contributed by atoms with Crippen LogP contribution in [0, 0.1) is 5.41 Å². The summed E-state index contributed by atoms with van der Waals surface area (Å²) in [6, 6.07) is 9.70. The molecule has 2 heterocycles. The molecule has 1 amide bonds. The Morgan fingerprint density at radius 3 is 2.77 bits per heavy atom. The second-order valence-electron chi connectivity index (χ2n) is 6.43. The van der Waals surface area contributed by atoms with E-state index >= 15 is 0 Å². The zero-order valence-corrected chi connectivity index (χ0v) is 13.7. The van der Waals surface area contributed by atoms with E-state index in [9.17, 15) is 4.79 Å². The van der Waals surface area contributed by atoms with Gasteiger partial charge in [0.1, 0.15) is 0 Å². The van der Waals surface area contributed by atoms with Gasteiger partial charge in [-0.25, -0.2) is 0 Å². The lowest BCUT2D eigenvalue weighted by atomic mass is 9.85. The van der Waals surface area contributed by atoms with E-state index in [-0.39, 0.29) is 17.4 Å². The minimum absolute atomic E-state index is 0.0295. The average Bonchev–Trinajstić information content (AvgIpc) is 3.13. The number of H-pyrrole nitrogens is 1. The largest absolute Gasteiger partial charge is 0.344 e. The lowest BCUT2D eigenvalue weighted by Gasteiger charge is -2.30. The Hall–Kier alpha value is -2.14. The van der Waals surface area contributed by atoms with E-state index < -0.39 is 0 Å². The number of aromatic nitrogens is 2. The van der Waals surface area contributed by atoms with Crippen LogP contribution in [-0.4, -0.2) is 16.1 Å². The van der Waals surface area contributed by atoms with Gasteiger partial charge in [-0.3, -0.25) is 9.89 Å².